The number of aromatic amines is 1. The molecule has 10 nitrogen and oxygen atoms in total. The van der Waals surface area contributed by atoms with Gasteiger partial charge in [-0.15, -0.1) is 0 Å². The van der Waals surface area contributed by atoms with Gasteiger partial charge >= 0.3 is 5.69 Å². The van der Waals surface area contributed by atoms with Crippen LogP contribution in [0.1, 0.15) is 58.2 Å². The van der Waals surface area contributed by atoms with Gasteiger partial charge in [0, 0.05) is 32.0 Å². The maximum Gasteiger partial charge on any atom is 0.330 e. The molecule has 0 aromatic carbocycles. The van der Waals surface area contributed by atoms with Gasteiger partial charge in [0.25, 0.3) is 5.56 Å². The Morgan fingerprint density at radius 1 is 1.32 bits per heavy atom. The molecule has 1 unspecified atom stereocenters. The van der Waals surface area contributed by atoms with Gasteiger partial charge in [0.2, 0.25) is 0 Å². The molecule has 1 fully saturated rings. The van der Waals surface area contributed by atoms with Crippen LogP contribution >= 0.6 is 0 Å². The topological polar surface area (TPSA) is 133 Å². The van der Waals surface area contributed by atoms with Crippen LogP contribution in [0.2, 0.25) is 0 Å². The van der Waals surface area contributed by atoms with E-state index in [9.17, 15) is 9.59 Å². The average Bonchev–Trinajstić information content (AvgIpc) is 3.00. The molecule has 4 N–H and O–H groups in total. The minimum Gasteiger partial charge on any atom is -0.378 e. The second-order valence-corrected chi connectivity index (χ2v) is 8.13. The predicted molar refractivity (Wildman–Crippen MR) is 119 cm³/mol. The Morgan fingerprint density at radius 2 is 2.00 bits per heavy atom. The first-order valence-electron chi connectivity index (χ1n) is 10.9. The summed E-state index contributed by atoms with van der Waals surface area (Å²) in [6.07, 6.45) is 4.07. The van der Waals surface area contributed by atoms with Gasteiger partial charge in [-0.05, 0) is 26.7 Å². The molecule has 2 rings (SSSR count). The summed E-state index contributed by atoms with van der Waals surface area (Å²) in [6, 6.07) is -0.525. The summed E-state index contributed by atoms with van der Waals surface area (Å²) in [6.45, 7) is 9.16. The summed E-state index contributed by atoms with van der Waals surface area (Å²) in [5.41, 5.74) is 4.54. The average molecular weight is 440 g/mol. The van der Waals surface area contributed by atoms with Crippen molar-refractivity contribution >= 4 is 5.96 Å². The fourth-order valence-electron chi connectivity index (χ4n) is 3.60. The first-order valence-corrected chi connectivity index (χ1v) is 10.9. The summed E-state index contributed by atoms with van der Waals surface area (Å²) >= 11 is 0. The molecule has 1 aliphatic rings. The van der Waals surface area contributed by atoms with Crippen molar-refractivity contribution in [3.05, 3.63) is 32.6 Å². The summed E-state index contributed by atoms with van der Waals surface area (Å²) in [5, 5.41) is 3.14. The Labute approximate surface area is 183 Å². The van der Waals surface area contributed by atoms with E-state index < -0.39 is 35.2 Å². The van der Waals surface area contributed by atoms with E-state index >= 15 is 0 Å². The zero-order chi connectivity index (χ0) is 23.0. The summed E-state index contributed by atoms with van der Waals surface area (Å²) < 4.78 is 19.9. The Balaban J connectivity index is 2.45. The summed E-state index contributed by atoms with van der Waals surface area (Å²) in [4.78, 5) is 30.8. The van der Waals surface area contributed by atoms with E-state index in [0.717, 1.165) is 25.7 Å². The SMILES string of the molecule is CCCCOC[C@@]1(C)O[C@@H](n2cc(C)c(=O)[nH]c2=O)[C@@H](NC(N)=NC)C1OCCCC. The third kappa shape index (κ3) is 6.18. The molecule has 10 heteroatoms. The van der Waals surface area contributed by atoms with Crippen LogP contribution in [-0.2, 0) is 14.2 Å². The molecule has 176 valence electrons. The van der Waals surface area contributed by atoms with Gasteiger partial charge in [-0.3, -0.25) is 19.3 Å². The van der Waals surface area contributed by atoms with Crippen molar-refractivity contribution in [3.63, 3.8) is 0 Å². The monoisotopic (exact) mass is 439 g/mol. The number of aromatic nitrogens is 2. The van der Waals surface area contributed by atoms with Crippen LogP contribution in [0.25, 0.3) is 0 Å². The largest absolute Gasteiger partial charge is 0.378 e. The standard InChI is InChI=1S/C21H37N5O5/c1-6-8-10-29-13-21(4)16(30-11-9-7-2)15(24-19(22)23-5)18(31-21)26-12-14(3)17(27)25-20(26)28/h12,15-16,18H,6-11,13H2,1-5H3,(H3,22,23,24)(H,25,27,28)/t15-,16?,18+,21+/m0/s1. The van der Waals surface area contributed by atoms with Gasteiger partial charge in [-0.2, -0.15) is 0 Å². The van der Waals surface area contributed by atoms with E-state index in [4.69, 9.17) is 19.9 Å². The number of ether oxygens (including phenoxy) is 3. The third-order valence-corrected chi connectivity index (χ3v) is 5.43. The van der Waals surface area contributed by atoms with Crippen LogP contribution in [0.4, 0.5) is 0 Å². The molecule has 31 heavy (non-hydrogen) atoms. The van der Waals surface area contributed by atoms with E-state index in [2.05, 4.69) is 29.1 Å². The highest BCUT2D eigenvalue weighted by Crippen LogP contribution is 2.39. The summed E-state index contributed by atoms with van der Waals surface area (Å²) in [5.74, 6) is 0.202. The minimum absolute atomic E-state index is 0.202. The molecule has 0 amide bonds. The maximum absolute atomic E-state index is 12.6. The van der Waals surface area contributed by atoms with Crippen molar-refractivity contribution in [3.8, 4) is 0 Å². The fourth-order valence-corrected chi connectivity index (χ4v) is 3.60. The first kappa shape index (κ1) is 25.1. The van der Waals surface area contributed by atoms with E-state index in [1.807, 2.05) is 6.92 Å². The van der Waals surface area contributed by atoms with Gasteiger partial charge in [-0.25, -0.2) is 4.79 Å². The molecule has 1 aromatic rings. The second kappa shape index (κ2) is 11.4. The molecule has 1 saturated heterocycles. The number of nitrogens with two attached hydrogens (primary N) is 1. The number of hydrogen-bond acceptors (Lipinski definition) is 6. The number of aliphatic imine (C=N–C) groups is 1. The summed E-state index contributed by atoms with van der Waals surface area (Å²) in [7, 11) is 1.57. The van der Waals surface area contributed by atoms with Crippen LogP contribution in [0.5, 0.6) is 0 Å². The fraction of sp³-hybridized carbons (Fsp3) is 0.762. The van der Waals surface area contributed by atoms with Crippen LogP contribution in [0.3, 0.4) is 0 Å². The van der Waals surface area contributed by atoms with Crippen molar-refractivity contribution < 1.29 is 14.2 Å². The number of aryl methyl sites for hydroxylation is 1. The molecular formula is C21H37N5O5. The molecule has 0 bridgehead atoms. The van der Waals surface area contributed by atoms with E-state index in [1.54, 1.807) is 14.0 Å². The highest BCUT2D eigenvalue weighted by atomic mass is 16.6. The third-order valence-electron chi connectivity index (χ3n) is 5.43. The van der Waals surface area contributed by atoms with E-state index in [1.165, 1.54) is 10.8 Å². The normalized spacial score (nSPS) is 26.4. The van der Waals surface area contributed by atoms with Gasteiger partial charge in [0.05, 0.1) is 6.61 Å². The highest BCUT2D eigenvalue weighted by molar-refractivity contribution is 5.78. The highest BCUT2D eigenvalue weighted by Gasteiger charge is 2.54. The van der Waals surface area contributed by atoms with Crippen molar-refractivity contribution in [1.29, 1.82) is 0 Å². The second-order valence-electron chi connectivity index (χ2n) is 8.13. The number of hydrogen-bond donors (Lipinski definition) is 3. The van der Waals surface area contributed by atoms with Crippen molar-refractivity contribution in [2.45, 2.75) is 77.4 Å². The maximum atomic E-state index is 12.6. The molecule has 1 aliphatic heterocycles. The molecule has 4 atom stereocenters. The molecule has 0 aliphatic carbocycles. The predicted octanol–water partition coefficient (Wildman–Crippen LogP) is 1.04. The van der Waals surface area contributed by atoms with Crippen molar-refractivity contribution in [1.82, 2.24) is 14.9 Å². The quantitative estimate of drug-likeness (QED) is 0.266. The van der Waals surface area contributed by atoms with E-state index in [-0.39, 0.29) is 5.96 Å². The lowest BCUT2D eigenvalue weighted by atomic mass is 9.96. The smallest absolute Gasteiger partial charge is 0.330 e. The van der Waals surface area contributed by atoms with Gasteiger partial charge in [0.15, 0.2) is 12.2 Å². The molecule has 0 saturated carbocycles. The van der Waals surface area contributed by atoms with Crippen LogP contribution < -0.4 is 22.3 Å². The Bertz CT molecular complexity index is 851. The van der Waals surface area contributed by atoms with Crippen LogP contribution in [0.15, 0.2) is 20.8 Å². The lowest BCUT2D eigenvalue weighted by molar-refractivity contribution is -0.142. The molecule has 0 radical (unpaired) electrons. The number of unbranched alkanes of at least 4 members (excludes halogenated alkanes) is 2. The van der Waals surface area contributed by atoms with E-state index in [0.29, 0.717) is 25.4 Å². The Hall–Kier alpha value is -2.17. The number of rotatable bonds is 11. The Kier molecular flexibility index (Phi) is 9.27. The van der Waals surface area contributed by atoms with Crippen molar-refractivity contribution in [2.24, 2.45) is 10.7 Å². The number of guanidine groups is 1. The first-order chi connectivity index (χ1) is 14.8. The Morgan fingerprint density at radius 3 is 2.65 bits per heavy atom. The van der Waals surface area contributed by atoms with Gasteiger partial charge < -0.3 is 25.3 Å². The zero-order valence-corrected chi connectivity index (χ0v) is 19.3. The number of H-pyrrole nitrogens is 1. The molecule has 2 heterocycles. The minimum atomic E-state index is -0.846. The lowest BCUT2D eigenvalue weighted by Crippen LogP contribution is -2.54. The number of nitrogens with one attached hydrogen (secondary N) is 2. The van der Waals surface area contributed by atoms with Crippen LogP contribution in [0, 0.1) is 6.92 Å². The zero-order valence-electron chi connectivity index (χ0n) is 19.3. The molecule has 0 spiro atoms. The molecule has 1 aromatic heterocycles. The van der Waals surface area contributed by atoms with Crippen LogP contribution in [-0.4, -0.2) is 60.1 Å². The molecular weight excluding hydrogens is 402 g/mol. The number of nitrogens with zero attached hydrogens (tertiary/aromatic N) is 2. The van der Waals surface area contributed by atoms with Crippen molar-refractivity contribution in [2.75, 3.05) is 26.9 Å². The van der Waals surface area contributed by atoms with Gasteiger partial charge in [-0.1, -0.05) is 26.7 Å². The van der Waals surface area contributed by atoms with Gasteiger partial charge in [0.1, 0.15) is 17.7 Å². The lowest BCUT2D eigenvalue weighted by Gasteiger charge is -2.32.